The summed E-state index contributed by atoms with van der Waals surface area (Å²) in [5.41, 5.74) is 3.77. The van der Waals surface area contributed by atoms with Gasteiger partial charge in [-0.1, -0.05) is 25.0 Å². The molecule has 2 aromatic carbocycles. The normalized spacial score (nSPS) is 16.4. The molecule has 2 amide bonds. The van der Waals surface area contributed by atoms with E-state index in [2.05, 4.69) is 21.6 Å². The minimum absolute atomic E-state index is 0.0358. The number of fused-ring (bicyclic) bond motifs is 1. The van der Waals surface area contributed by atoms with Crippen molar-refractivity contribution in [2.75, 3.05) is 35.2 Å². The molecule has 0 bridgehead atoms. The van der Waals surface area contributed by atoms with Gasteiger partial charge in [0.2, 0.25) is 5.91 Å². The molecule has 0 aromatic heterocycles. The van der Waals surface area contributed by atoms with E-state index in [1.807, 2.05) is 30.3 Å². The predicted molar refractivity (Wildman–Crippen MR) is 115 cm³/mol. The van der Waals surface area contributed by atoms with Gasteiger partial charge in [0, 0.05) is 25.2 Å². The van der Waals surface area contributed by atoms with Crippen LogP contribution in [-0.4, -0.2) is 31.5 Å². The van der Waals surface area contributed by atoms with Crippen LogP contribution in [-0.2, 0) is 16.0 Å². The molecule has 0 aliphatic carbocycles. The zero-order valence-corrected chi connectivity index (χ0v) is 16.6. The summed E-state index contributed by atoms with van der Waals surface area (Å²) in [7, 11) is 0. The van der Waals surface area contributed by atoms with Crippen molar-refractivity contribution in [1.29, 1.82) is 0 Å². The predicted octanol–water partition coefficient (Wildman–Crippen LogP) is 3.97. The number of para-hydroxylation sites is 2. The molecule has 0 radical (unpaired) electrons. The molecular weight excluding hydrogens is 366 g/mol. The molecule has 0 saturated carbocycles. The summed E-state index contributed by atoms with van der Waals surface area (Å²) in [4.78, 5) is 26.3. The lowest BCUT2D eigenvalue weighted by Crippen LogP contribution is -2.27. The van der Waals surface area contributed by atoms with Crippen LogP contribution in [0.1, 0.15) is 37.7 Å². The number of anilines is 3. The topological polar surface area (TPSA) is 70.7 Å². The van der Waals surface area contributed by atoms with E-state index >= 15 is 0 Å². The van der Waals surface area contributed by atoms with E-state index in [4.69, 9.17) is 4.74 Å². The van der Waals surface area contributed by atoms with E-state index in [1.165, 1.54) is 25.7 Å². The number of nitrogens with zero attached hydrogens (tertiary/aromatic N) is 1. The Bertz CT molecular complexity index is 889. The van der Waals surface area contributed by atoms with E-state index in [0.717, 1.165) is 35.7 Å². The molecule has 2 heterocycles. The number of amides is 2. The highest BCUT2D eigenvalue weighted by molar-refractivity contribution is 5.95. The monoisotopic (exact) mass is 393 g/mol. The van der Waals surface area contributed by atoms with E-state index in [1.54, 1.807) is 6.07 Å². The van der Waals surface area contributed by atoms with Crippen molar-refractivity contribution in [1.82, 2.24) is 0 Å². The molecular formula is C23H27N3O3. The van der Waals surface area contributed by atoms with E-state index in [-0.39, 0.29) is 18.4 Å². The van der Waals surface area contributed by atoms with Gasteiger partial charge in [0.1, 0.15) is 5.75 Å². The van der Waals surface area contributed by atoms with Gasteiger partial charge in [-0.2, -0.15) is 0 Å². The fourth-order valence-electron chi connectivity index (χ4n) is 3.95. The Hall–Kier alpha value is -3.02. The lowest BCUT2D eigenvalue weighted by Gasteiger charge is -2.25. The van der Waals surface area contributed by atoms with Crippen LogP contribution < -0.4 is 20.3 Å². The second kappa shape index (κ2) is 8.99. The molecule has 29 heavy (non-hydrogen) atoms. The first-order valence-electron chi connectivity index (χ1n) is 10.4. The van der Waals surface area contributed by atoms with Crippen molar-refractivity contribution in [3.05, 3.63) is 48.0 Å². The van der Waals surface area contributed by atoms with Crippen molar-refractivity contribution >= 4 is 28.9 Å². The van der Waals surface area contributed by atoms with Crippen molar-refractivity contribution in [3.8, 4) is 5.75 Å². The van der Waals surface area contributed by atoms with Gasteiger partial charge in [0.25, 0.3) is 5.91 Å². The Morgan fingerprint density at radius 2 is 1.83 bits per heavy atom. The summed E-state index contributed by atoms with van der Waals surface area (Å²) >= 11 is 0. The first-order valence-corrected chi connectivity index (χ1v) is 10.4. The number of hydrogen-bond acceptors (Lipinski definition) is 4. The highest BCUT2D eigenvalue weighted by Crippen LogP contribution is 2.29. The smallest absolute Gasteiger partial charge is 0.262 e. The largest absolute Gasteiger partial charge is 0.484 e. The van der Waals surface area contributed by atoms with Crippen LogP contribution in [0.4, 0.5) is 17.1 Å². The first-order chi connectivity index (χ1) is 14.2. The highest BCUT2D eigenvalue weighted by atomic mass is 16.5. The lowest BCUT2D eigenvalue weighted by atomic mass is 10.0. The Morgan fingerprint density at radius 3 is 2.66 bits per heavy atom. The Kier molecular flexibility index (Phi) is 5.98. The van der Waals surface area contributed by atoms with Crippen LogP contribution in [0, 0.1) is 0 Å². The van der Waals surface area contributed by atoms with Crippen molar-refractivity contribution in [2.24, 2.45) is 0 Å². The molecule has 2 aliphatic rings. The number of ether oxygens (including phenoxy) is 1. The minimum Gasteiger partial charge on any atom is -0.484 e. The van der Waals surface area contributed by atoms with Crippen molar-refractivity contribution < 1.29 is 14.3 Å². The fourth-order valence-corrected chi connectivity index (χ4v) is 3.95. The van der Waals surface area contributed by atoms with Crippen LogP contribution in [0.5, 0.6) is 5.75 Å². The summed E-state index contributed by atoms with van der Waals surface area (Å²) < 4.78 is 5.70. The molecule has 4 rings (SSSR count). The zero-order valence-electron chi connectivity index (χ0n) is 16.6. The third kappa shape index (κ3) is 4.88. The fraction of sp³-hybridized carbons (Fsp3) is 0.391. The van der Waals surface area contributed by atoms with Gasteiger partial charge < -0.3 is 20.3 Å². The molecule has 0 atom stereocenters. The first kappa shape index (κ1) is 19.3. The second-order valence-electron chi connectivity index (χ2n) is 7.62. The maximum Gasteiger partial charge on any atom is 0.262 e. The number of nitrogens with one attached hydrogen (secondary N) is 2. The summed E-state index contributed by atoms with van der Waals surface area (Å²) in [6, 6.07) is 13.5. The van der Waals surface area contributed by atoms with Crippen LogP contribution in [0.25, 0.3) is 0 Å². The number of carbonyl (C=O) groups excluding carboxylic acids is 2. The Balaban J connectivity index is 1.37. The van der Waals surface area contributed by atoms with Gasteiger partial charge in [-0.05, 0) is 55.2 Å². The summed E-state index contributed by atoms with van der Waals surface area (Å²) in [5.74, 6) is 0.489. The lowest BCUT2D eigenvalue weighted by molar-refractivity contribution is -0.118. The number of rotatable bonds is 5. The van der Waals surface area contributed by atoms with E-state index in [9.17, 15) is 9.59 Å². The molecule has 2 N–H and O–H groups in total. The van der Waals surface area contributed by atoms with Crippen LogP contribution in [0.3, 0.4) is 0 Å². The van der Waals surface area contributed by atoms with Gasteiger partial charge in [-0.3, -0.25) is 9.59 Å². The number of benzene rings is 2. The van der Waals surface area contributed by atoms with Gasteiger partial charge in [-0.15, -0.1) is 0 Å². The quantitative estimate of drug-likeness (QED) is 0.806. The Labute approximate surface area is 171 Å². The molecule has 2 aliphatic heterocycles. The van der Waals surface area contributed by atoms with Crippen LogP contribution in [0.15, 0.2) is 42.5 Å². The highest BCUT2D eigenvalue weighted by Gasteiger charge is 2.17. The third-order valence-corrected chi connectivity index (χ3v) is 5.47. The van der Waals surface area contributed by atoms with E-state index < -0.39 is 0 Å². The van der Waals surface area contributed by atoms with E-state index in [0.29, 0.717) is 18.6 Å². The van der Waals surface area contributed by atoms with Crippen molar-refractivity contribution in [2.45, 2.75) is 38.5 Å². The summed E-state index contributed by atoms with van der Waals surface area (Å²) in [6.45, 7) is 1.99. The summed E-state index contributed by atoms with van der Waals surface area (Å²) in [6.07, 6.45) is 6.07. The van der Waals surface area contributed by atoms with Gasteiger partial charge in [0.15, 0.2) is 6.61 Å². The molecule has 152 valence electrons. The van der Waals surface area contributed by atoms with Crippen LogP contribution in [0.2, 0.25) is 0 Å². The standard InChI is InChI=1S/C23H27N3O3/c27-22-12-9-17-15-18(10-11-19(17)24-22)29-16-23(28)25-20-7-3-4-8-21(20)26-13-5-1-2-6-14-26/h3-4,7-8,10-11,15H,1-2,5-6,9,12-14,16H2,(H,24,27)(H,25,28). The molecule has 1 saturated heterocycles. The molecule has 6 nitrogen and oxygen atoms in total. The second-order valence-corrected chi connectivity index (χ2v) is 7.62. The van der Waals surface area contributed by atoms with Crippen LogP contribution >= 0.6 is 0 Å². The summed E-state index contributed by atoms with van der Waals surface area (Å²) in [5, 5.41) is 5.85. The number of aryl methyl sites for hydroxylation is 1. The number of carbonyl (C=O) groups is 2. The Morgan fingerprint density at radius 1 is 1.03 bits per heavy atom. The van der Waals surface area contributed by atoms with Gasteiger partial charge in [0.05, 0.1) is 11.4 Å². The number of hydrogen-bond donors (Lipinski definition) is 2. The molecule has 0 unspecified atom stereocenters. The maximum atomic E-state index is 12.5. The average Bonchev–Trinajstić information content (AvgIpc) is 3.02. The zero-order chi connectivity index (χ0) is 20.1. The van der Waals surface area contributed by atoms with Gasteiger partial charge >= 0.3 is 0 Å². The molecule has 6 heteroatoms. The maximum absolute atomic E-state index is 12.5. The molecule has 1 fully saturated rings. The average molecular weight is 393 g/mol. The van der Waals surface area contributed by atoms with Gasteiger partial charge in [-0.25, -0.2) is 0 Å². The van der Waals surface area contributed by atoms with Crippen molar-refractivity contribution in [3.63, 3.8) is 0 Å². The molecule has 0 spiro atoms. The third-order valence-electron chi connectivity index (χ3n) is 5.47. The minimum atomic E-state index is -0.182. The molecule has 2 aromatic rings. The SMILES string of the molecule is O=C1CCc2cc(OCC(=O)Nc3ccccc3N3CCCCCC3)ccc2N1.